The van der Waals surface area contributed by atoms with E-state index in [2.05, 4.69) is 5.11 Å². The van der Waals surface area contributed by atoms with Crippen LogP contribution < -0.4 is 0 Å². The van der Waals surface area contributed by atoms with Crippen molar-refractivity contribution in [2.45, 2.75) is 13.0 Å². The summed E-state index contributed by atoms with van der Waals surface area (Å²) >= 11 is 0. The zero-order valence-electron chi connectivity index (χ0n) is 6.54. The highest BCUT2D eigenvalue weighted by Gasteiger charge is 2.04. The van der Waals surface area contributed by atoms with Gasteiger partial charge in [0.15, 0.2) is 0 Å². The van der Waals surface area contributed by atoms with Gasteiger partial charge < -0.3 is 10.0 Å². The minimum absolute atomic E-state index is 0.213. The van der Waals surface area contributed by atoms with E-state index in [4.69, 9.17) is 10.6 Å². The molecule has 4 nitrogen and oxygen atoms in total. The van der Waals surface area contributed by atoms with E-state index in [0.29, 0.717) is 6.54 Å². The van der Waals surface area contributed by atoms with Crippen molar-refractivity contribution < 1.29 is 5.11 Å². The molecule has 0 aromatic heterocycles. The molecule has 0 heterocycles. The van der Waals surface area contributed by atoms with Crippen molar-refractivity contribution >= 4 is 0 Å². The van der Waals surface area contributed by atoms with E-state index in [-0.39, 0.29) is 6.54 Å². The largest absolute Gasteiger partial charge is 0.390 e. The summed E-state index contributed by atoms with van der Waals surface area (Å²) < 4.78 is 0. The van der Waals surface area contributed by atoms with Gasteiger partial charge in [0, 0.05) is 6.54 Å². The summed E-state index contributed by atoms with van der Waals surface area (Å²) in [5.74, 6) is 0. The third-order valence-electron chi connectivity index (χ3n) is 1.36. The van der Waals surface area contributed by atoms with Gasteiger partial charge in [-0.3, -0.25) is 0 Å². The Bertz CT molecular complexity index is 97.0. The molecule has 2 N–H and O–H groups in total. The van der Waals surface area contributed by atoms with Gasteiger partial charge in [-0.05, 0) is 13.6 Å². The third kappa shape index (κ3) is 4.40. The molecule has 0 radical (unpaired) electrons. The van der Waals surface area contributed by atoms with E-state index in [1.165, 1.54) is 0 Å². The van der Waals surface area contributed by atoms with Crippen LogP contribution in [0.4, 0.5) is 0 Å². The zero-order valence-corrected chi connectivity index (χ0v) is 6.54. The van der Waals surface area contributed by atoms with Gasteiger partial charge in [-0.15, -0.1) is 0 Å². The normalized spacial score (nSPS) is 13.6. The number of nitrogens with one attached hydrogen (secondary N) is 1. The molecule has 0 aromatic rings. The number of hydrogen-bond donors (Lipinski definition) is 2. The Hall–Kier alpha value is -0.480. The lowest BCUT2D eigenvalue weighted by molar-refractivity contribution is 0.133. The van der Waals surface area contributed by atoms with Crippen LogP contribution in [0.2, 0.25) is 0 Å². The molecule has 0 saturated heterocycles. The van der Waals surface area contributed by atoms with Crippen LogP contribution in [0.25, 0.3) is 0 Å². The Balaban J connectivity index is 3.35. The topological polar surface area (TPSA) is 59.7 Å². The molecule has 0 saturated carbocycles. The average molecular weight is 145 g/mol. The van der Waals surface area contributed by atoms with E-state index in [1.807, 2.05) is 18.9 Å². The Morgan fingerprint density at radius 1 is 1.70 bits per heavy atom. The fourth-order valence-electron chi connectivity index (χ4n) is 0.652. The van der Waals surface area contributed by atoms with Crippen molar-refractivity contribution in [3.8, 4) is 0 Å². The lowest BCUT2D eigenvalue weighted by atomic mass is 10.3. The Morgan fingerprint density at radius 2 is 2.30 bits per heavy atom. The highest BCUT2D eigenvalue weighted by molar-refractivity contribution is 4.60. The van der Waals surface area contributed by atoms with Crippen LogP contribution in [-0.2, 0) is 0 Å². The van der Waals surface area contributed by atoms with Crippen LogP contribution in [-0.4, -0.2) is 42.8 Å². The second kappa shape index (κ2) is 5.32. The van der Waals surface area contributed by atoms with Crippen molar-refractivity contribution in [1.29, 1.82) is 5.53 Å². The third-order valence-corrected chi connectivity index (χ3v) is 1.36. The molecule has 0 amide bonds. The fourth-order valence-corrected chi connectivity index (χ4v) is 0.652. The summed E-state index contributed by atoms with van der Waals surface area (Å²) in [4.78, 5) is 1.98. The van der Waals surface area contributed by atoms with Gasteiger partial charge in [0.1, 0.15) is 0 Å². The summed E-state index contributed by atoms with van der Waals surface area (Å²) in [6.45, 7) is 3.74. The highest BCUT2D eigenvalue weighted by atomic mass is 16.3. The van der Waals surface area contributed by atoms with E-state index in [9.17, 15) is 0 Å². The maximum atomic E-state index is 9.10. The maximum Gasteiger partial charge on any atom is 0.0879 e. The summed E-state index contributed by atoms with van der Waals surface area (Å²) in [5.41, 5.74) is 6.48. The first-order chi connectivity index (χ1) is 4.70. The summed E-state index contributed by atoms with van der Waals surface area (Å²) in [7, 11) is 1.92. The molecule has 0 bridgehead atoms. The monoisotopic (exact) mass is 145 g/mol. The quantitative estimate of drug-likeness (QED) is 0.548. The standard InChI is InChI=1S/C6H15N3O/c1-3-9(2)5-6(10)4-8-7/h6-7,10H,3-5H2,1-2H3. The van der Waals surface area contributed by atoms with E-state index in [0.717, 1.165) is 6.54 Å². The van der Waals surface area contributed by atoms with Gasteiger partial charge in [-0.1, -0.05) is 6.92 Å². The second-order valence-corrected chi connectivity index (χ2v) is 2.35. The number of aliphatic hydroxyl groups is 1. The van der Waals surface area contributed by atoms with Crippen molar-refractivity contribution in [2.75, 3.05) is 26.7 Å². The van der Waals surface area contributed by atoms with E-state index < -0.39 is 6.10 Å². The number of aliphatic hydroxyl groups excluding tert-OH is 1. The lowest BCUT2D eigenvalue weighted by Gasteiger charge is -2.16. The molecule has 0 aromatic carbocycles. The zero-order chi connectivity index (χ0) is 7.98. The molecule has 0 rings (SSSR count). The van der Waals surface area contributed by atoms with E-state index in [1.54, 1.807) is 0 Å². The molecule has 0 aliphatic heterocycles. The van der Waals surface area contributed by atoms with E-state index >= 15 is 0 Å². The van der Waals surface area contributed by atoms with Crippen LogP contribution in [0.15, 0.2) is 5.11 Å². The van der Waals surface area contributed by atoms with Crippen molar-refractivity contribution in [3.63, 3.8) is 0 Å². The smallest absolute Gasteiger partial charge is 0.0879 e. The van der Waals surface area contributed by atoms with Gasteiger partial charge in [-0.2, -0.15) is 5.11 Å². The minimum Gasteiger partial charge on any atom is -0.390 e. The number of likely N-dealkylation sites (N-methyl/N-ethyl adjacent to an activating group) is 1. The SMILES string of the molecule is CCN(C)CC(O)CN=N. The van der Waals surface area contributed by atoms with Gasteiger partial charge in [0.25, 0.3) is 0 Å². The van der Waals surface area contributed by atoms with Crippen LogP contribution >= 0.6 is 0 Å². The van der Waals surface area contributed by atoms with Gasteiger partial charge >= 0.3 is 0 Å². The van der Waals surface area contributed by atoms with Crippen molar-refractivity contribution in [1.82, 2.24) is 4.90 Å². The Morgan fingerprint density at radius 3 is 2.70 bits per heavy atom. The molecule has 0 fully saturated rings. The first-order valence-electron chi connectivity index (χ1n) is 3.40. The minimum atomic E-state index is -0.484. The maximum absolute atomic E-state index is 9.10. The molecule has 60 valence electrons. The van der Waals surface area contributed by atoms with Crippen molar-refractivity contribution in [3.05, 3.63) is 0 Å². The first kappa shape index (κ1) is 9.52. The van der Waals surface area contributed by atoms with Gasteiger partial charge in [0.05, 0.1) is 12.6 Å². The summed E-state index contributed by atoms with van der Waals surface area (Å²) in [6, 6.07) is 0. The molecule has 1 unspecified atom stereocenters. The van der Waals surface area contributed by atoms with Gasteiger partial charge in [-0.25, -0.2) is 5.53 Å². The van der Waals surface area contributed by atoms with Gasteiger partial charge in [0.2, 0.25) is 0 Å². The first-order valence-corrected chi connectivity index (χ1v) is 3.40. The average Bonchev–Trinajstić information content (AvgIpc) is 1.88. The molecule has 4 heteroatoms. The molecular formula is C6H15N3O. The Labute approximate surface area is 61.4 Å². The molecule has 1 atom stereocenters. The summed E-state index contributed by atoms with van der Waals surface area (Å²) in [5, 5.41) is 12.2. The number of nitrogens with zero attached hydrogens (tertiary/aromatic N) is 2. The second-order valence-electron chi connectivity index (χ2n) is 2.35. The number of hydrogen-bond acceptors (Lipinski definition) is 4. The fraction of sp³-hybridized carbons (Fsp3) is 1.00. The lowest BCUT2D eigenvalue weighted by Crippen LogP contribution is -2.30. The summed E-state index contributed by atoms with van der Waals surface area (Å²) in [6.07, 6.45) is -0.484. The van der Waals surface area contributed by atoms with Crippen LogP contribution in [0.1, 0.15) is 6.92 Å². The molecule has 0 aliphatic carbocycles. The number of rotatable bonds is 5. The van der Waals surface area contributed by atoms with Crippen LogP contribution in [0.3, 0.4) is 0 Å². The van der Waals surface area contributed by atoms with Crippen LogP contribution in [0, 0.1) is 5.53 Å². The predicted octanol–water partition coefficient (Wildman–Crippen LogP) is 0.330. The van der Waals surface area contributed by atoms with Crippen LogP contribution in [0.5, 0.6) is 0 Å². The highest BCUT2D eigenvalue weighted by Crippen LogP contribution is 1.88. The Kier molecular flexibility index (Phi) is 5.06. The molecule has 10 heavy (non-hydrogen) atoms. The van der Waals surface area contributed by atoms with Crippen molar-refractivity contribution in [2.24, 2.45) is 5.11 Å². The molecular weight excluding hydrogens is 130 g/mol. The molecule has 0 aliphatic rings. The predicted molar refractivity (Wildman–Crippen MR) is 39.2 cm³/mol. The molecule has 0 spiro atoms.